The fourth-order valence-electron chi connectivity index (χ4n) is 1.63. The minimum Gasteiger partial charge on any atom is -0.382 e. The van der Waals surface area contributed by atoms with Crippen LogP contribution in [0.5, 0.6) is 0 Å². The molecule has 3 nitrogen and oxygen atoms in total. The van der Waals surface area contributed by atoms with Gasteiger partial charge in [0.1, 0.15) is 5.41 Å². The number of rotatable bonds is 5. The first-order valence-corrected chi connectivity index (χ1v) is 7.22. The highest BCUT2D eigenvalue weighted by molar-refractivity contribution is 6.37. The standard InChI is InChI=1S/C9H20O3Si/c1-10-7-8-12-9(13-2)5-3-4-6-11-9/h3-8,13H2,1-2H3. The quantitative estimate of drug-likeness (QED) is 0.488. The van der Waals surface area contributed by atoms with E-state index in [2.05, 4.69) is 6.55 Å². The summed E-state index contributed by atoms with van der Waals surface area (Å²) >= 11 is 0. The highest BCUT2D eigenvalue weighted by atomic mass is 28.2. The molecular weight excluding hydrogens is 184 g/mol. The van der Waals surface area contributed by atoms with Crippen LogP contribution in [0.4, 0.5) is 0 Å². The molecule has 78 valence electrons. The van der Waals surface area contributed by atoms with Crippen LogP contribution in [-0.4, -0.2) is 41.9 Å². The van der Waals surface area contributed by atoms with Crippen molar-refractivity contribution in [3.63, 3.8) is 0 Å². The first kappa shape index (κ1) is 11.2. The largest absolute Gasteiger partial charge is 0.382 e. The lowest BCUT2D eigenvalue weighted by Gasteiger charge is -2.36. The molecule has 0 radical (unpaired) electrons. The van der Waals surface area contributed by atoms with Crippen LogP contribution in [0.15, 0.2) is 0 Å². The zero-order valence-corrected chi connectivity index (χ0v) is 10.1. The molecule has 1 rings (SSSR count). The molecule has 0 spiro atoms. The van der Waals surface area contributed by atoms with E-state index >= 15 is 0 Å². The molecule has 1 aliphatic rings. The van der Waals surface area contributed by atoms with Crippen LogP contribution in [0.1, 0.15) is 19.3 Å². The lowest BCUT2D eigenvalue weighted by molar-refractivity contribution is -0.204. The van der Waals surface area contributed by atoms with Crippen molar-refractivity contribution in [1.82, 2.24) is 0 Å². The molecule has 0 aromatic rings. The van der Waals surface area contributed by atoms with E-state index in [1.165, 1.54) is 12.8 Å². The van der Waals surface area contributed by atoms with E-state index in [4.69, 9.17) is 14.2 Å². The molecule has 1 unspecified atom stereocenters. The SMILES string of the molecule is COCCOC1([SiH2]C)CCCCO1. The molecule has 1 fully saturated rings. The van der Waals surface area contributed by atoms with E-state index in [1.807, 2.05) is 0 Å². The highest BCUT2D eigenvalue weighted by Crippen LogP contribution is 2.24. The topological polar surface area (TPSA) is 27.7 Å². The van der Waals surface area contributed by atoms with Gasteiger partial charge in [-0.15, -0.1) is 0 Å². The van der Waals surface area contributed by atoms with E-state index in [-0.39, 0.29) is 14.9 Å². The molecule has 0 saturated carbocycles. The number of ether oxygens (including phenoxy) is 3. The fourth-order valence-corrected chi connectivity index (χ4v) is 2.93. The maximum absolute atomic E-state index is 5.77. The van der Waals surface area contributed by atoms with Crippen molar-refractivity contribution in [3.8, 4) is 0 Å². The summed E-state index contributed by atoms with van der Waals surface area (Å²) in [6.07, 6.45) is 3.51. The third-order valence-electron chi connectivity index (χ3n) is 2.51. The van der Waals surface area contributed by atoms with Gasteiger partial charge in [0.2, 0.25) is 0 Å². The minimum atomic E-state index is -0.267. The summed E-state index contributed by atoms with van der Waals surface area (Å²) in [5.74, 6) is 0. The monoisotopic (exact) mass is 204 g/mol. The summed E-state index contributed by atoms with van der Waals surface area (Å²) in [6, 6.07) is 0. The Hall–Kier alpha value is 0.0969. The van der Waals surface area contributed by atoms with Gasteiger partial charge >= 0.3 is 0 Å². The summed E-state index contributed by atoms with van der Waals surface area (Å²) in [5, 5.41) is 0. The lowest BCUT2D eigenvalue weighted by atomic mass is 10.2. The van der Waals surface area contributed by atoms with Crippen LogP contribution < -0.4 is 0 Å². The molecule has 0 bridgehead atoms. The first-order valence-electron chi connectivity index (χ1n) is 5.10. The predicted octanol–water partition coefficient (Wildman–Crippen LogP) is 0.721. The van der Waals surface area contributed by atoms with Gasteiger partial charge < -0.3 is 14.2 Å². The highest BCUT2D eigenvalue weighted by Gasteiger charge is 2.31. The Balaban J connectivity index is 2.29. The molecule has 0 aliphatic carbocycles. The summed E-state index contributed by atoms with van der Waals surface area (Å²) in [7, 11) is 1.43. The van der Waals surface area contributed by atoms with Gasteiger partial charge in [0.05, 0.1) is 22.7 Å². The Labute approximate surface area is 82.6 Å². The van der Waals surface area contributed by atoms with Gasteiger partial charge in [0.15, 0.2) is 0 Å². The van der Waals surface area contributed by atoms with E-state index in [0.29, 0.717) is 13.2 Å². The number of hydrogen-bond donors (Lipinski definition) is 0. The molecule has 1 heterocycles. The van der Waals surface area contributed by atoms with Crippen LogP contribution in [0, 0.1) is 0 Å². The van der Waals surface area contributed by atoms with Crippen molar-refractivity contribution < 1.29 is 14.2 Å². The van der Waals surface area contributed by atoms with Crippen LogP contribution in [0.2, 0.25) is 6.55 Å². The Bertz CT molecular complexity index is 135. The van der Waals surface area contributed by atoms with Crippen molar-refractivity contribution in [2.45, 2.75) is 31.2 Å². The molecule has 0 N–H and O–H groups in total. The van der Waals surface area contributed by atoms with Crippen molar-refractivity contribution in [1.29, 1.82) is 0 Å². The minimum absolute atomic E-state index is 0.170. The van der Waals surface area contributed by atoms with Crippen LogP contribution >= 0.6 is 0 Å². The smallest absolute Gasteiger partial charge is 0.144 e. The van der Waals surface area contributed by atoms with Gasteiger partial charge in [0.25, 0.3) is 0 Å². The van der Waals surface area contributed by atoms with E-state index < -0.39 is 0 Å². The Morgan fingerprint density at radius 3 is 2.77 bits per heavy atom. The van der Waals surface area contributed by atoms with Gasteiger partial charge in [-0.3, -0.25) is 0 Å². The molecule has 13 heavy (non-hydrogen) atoms. The summed E-state index contributed by atoms with van der Waals surface area (Å²) in [5.41, 5.74) is -0.170. The van der Waals surface area contributed by atoms with Crippen molar-refractivity contribution >= 4 is 9.52 Å². The van der Waals surface area contributed by atoms with Gasteiger partial charge in [0, 0.05) is 13.7 Å². The van der Waals surface area contributed by atoms with E-state index in [9.17, 15) is 0 Å². The van der Waals surface area contributed by atoms with Gasteiger partial charge in [-0.2, -0.15) is 0 Å². The fraction of sp³-hybridized carbons (Fsp3) is 1.00. The van der Waals surface area contributed by atoms with Crippen LogP contribution in [0.3, 0.4) is 0 Å². The summed E-state index contributed by atoms with van der Waals surface area (Å²) in [6.45, 7) is 4.45. The predicted molar refractivity (Wildman–Crippen MR) is 54.8 cm³/mol. The van der Waals surface area contributed by atoms with Gasteiger partial charge in [-0.1, -0.05) is 6.55 Å². The van der Waals surface area contributed by atoms with Crippen LogP contribution in [0.25, 0.3) is 0 Å². The number of hydrogen-bond acceptors (Lipinski definition) is 3. The maximum atomic E-state index is 5.77. The average Bonchev–Trinajstić information content (AvgIpc) is 2.20. The third-order valence-corrected chi connectivity index (χ3v) is 4.35. The van der Waals surface area contributed by atoms with Crippen LogP contribution in [-0.2, 0) is 14.2 Å². The molecule has 4 heteroatoms. The molecule has 1 aliphatic heterocycles. The molecular formula is C9H20O3Si. The summed E-state index contributed by atoms with van der Waals surface area (Å²) in [4.78, 5) is 0. The Kier molecular flexibility index (Phi) is 4.94. The zero-order valence-electron chi connectivity index (χ0n) is 8.67. The molecule has 0 amide bonds. The maximum Gasteiger partial charge on any atom is 0.144 e. The van der Waals surface area contributed by atoms with Gasteiger partial charge in [-0.05, 0) is 19.3 Å². The van der Waals surface area contributed by atoms with Crippen molar-refractivity contribution in [3.05, 3.63) is 0 Å². The van der Waals surface area contributed by atoms with E-state index in [0.717, 1.165) is 13.0 Å². The average molecular weight is 204 g/mol. The second-order valence-corrected chi connectivity index (χ2v) is 5.20. The van der Waals surface area contributed by atoms with E-state index in [1.54, 1.807) is 7.11 Å². The zero-order chi connectivity index (χ0) is 9.57. The molecule has 0 aromatic heterocycles. The second kappa shape index (κ2) is 5.75. The molecule has 1 saturated heterocycles. The van der Waals surface area contributed by atoms with Crippen molar-refractivity contribution in [2.24, 2.45) is 0 Å². The third kappa shape index (κ3) is 3.38. The lowest BCUT2D eigenvalue weighted by Crippen LogP contribution is -2.44. The Morgan fingerprint density at radius 2 is 2.23 bits per heavy atom. The molecule has 1 atom stereocenters. The second-order valence-electron chi connectivity index (χ2n) is 3.41. The van der Waals surface area contributed by atoms with Crippen molar-refractivity contribution in [2.75, 3.05) is 26.9 Å². The normalized spacial score (nSPS) is 30.0. The Morgan fingerprint density at radius 1 is 1.38 bits per heavy atom. The number of methoxy groups -OCH3 is 1. The van der Waals surface area contributed by atoms with Gasteiger partial charge in [-0.25, -0.2) is 0 Å². The molecule has 0 aromatic carbocycles. The summed E-state index contributed by atoms with van der Waals surface area (Å²) < 4.78 is 16.5. The first-order chi connectivity index (χ1) is 6.33.